The second-order valence-electron chi connectivity index (χ2n) is 4.74. The lowest BCUT2D eigenvalue weighted by Gasteiger charge is -2.14. The second-order valence-corrected chi connectivity index (χ2v) is 5.62. The summed E-state index contributed by atoms with van der Waals surface area (Å²) in [7, 11) is 0. The summed E-state index contributed by atoms with van der Waals surface area (Å²) in [5.41, 5.74) is 1.63. The fourth-order valence-corrected chi connectivity index (χ4v) is 2.53. The van der Waals surface area contributed by atoms with Crippen LogP contribution >= 0.6 is 23.2 Å². The normalized spacial score (nSPS) is 12.2. The van der Waals surface area contributed by atoms with E-state index in [1.807, 2.05) is 19.9 Å². The molecule has 6 heteroatoms. The number of aliphatic hydroxyl groups excluding tert-OH is 1. The summed E-state index contributed by atoms with van der Waals surface area (Å²) in [4.78, 5) is 8.61. The van der Waals surface area contributed by atoms with E-state index in [-0.39, 0.29) is 0 Å². The maximum Gasteiger partial charge on any atom is 0.130 e. The van der Waals surface area contributed by atoms with E-state index < -0.39 is 6.10 Å². The third-order valence-electron chi connectivity index (χ3n) is 3.00. The molecule has 0 saturated heterocycles. The van der Waals surface area contributed by atoms with Gasteiger partial charge in [0.2, 0.25) is 0 Å². The second kappa shape index (κ2) is 7.07. The van der Waals surface area contributed by atoms with Gasteiger partial charge in [0.05, 0.1) is 6.10 Å². The number of aliphatic hydroxyl groups is 1. The molecule has 112 valence electrons. The molecule has 1 aromatic heterocycles. The molecule has 1 aromatic carbocycles. The SMILES string of the molecule is CCc1cc(NCC(O)c2cc(Cl)cc(Cl)c2)nc(C)n1. The van der Waals surface area contributed by atoms with Crippen LogP contribution in [0.2, 0.25) is 10.0 Å². The van der Waals surface area contributed by atoms with Crippen LogP contribution in [0.5, 0.6) is 0 Å². The van der Waals surface area contributed by atoms with Crippen LogP contribution < -0.4 is 5.32 Å². The van der Waals surface area contributed by atoms with Crippen LogP contribution in [0.3, 0.4) is 0 Å². The van der Waals surface area contributed by atoms with Gasteiger partial charge in [0, 0.05) is 28.4 Å². The van der Waals surface area contributed by atoms with Crippen molar-refractivity contribution in [2.24, 2.45) is 0 Å². The Morgan fingerprint density at radius 1 is 1.14 bits per heavy atom. The summed E-state index contributed by atoms with van der Waals surface area (Å²) >= 11 is 11.9. The van der Waals surface area contributed by atoms with E-state index in [2.05, 4.69) is 15.3 Å². The molecule has 1 atom stereocenters. The van der Waals surface area contributed by atoms with Crippen molar-refractivity contribution in [3.8, 4) is 0 Å². The molecule has 0 radical (unpaired) electrons. The first-order valence-electron chi connectivity index (χ1n) is 6.70. The van der Waals surface area contributed by atoms with E-state index in [1.54, 1.807) is 18.2 Å². The van der Waals surface area contributed by atoms with Crippen LogP contribution in [0.1, 0.15) is 30.1 Å². The molecule has 2 rings (SSSR count). The monoisotopic (exact) mass is 325 g/mol. The van der Waals surface area contributed by atoms with E-state index in [0.29, 0.717) is 33.8 Å². The topological polar surface area (TPSA) is 58.0 Å². The number of hydrogen-bond acceptors (Lipinski definition) is 4. The lowest BCUT2D eigenvalue weighted by atomic mass is 10.1. The van der Waals surface area contributed by atoms with Gasteiger partial charge in [-0.25, -0.2) is 9.97 Å². The molecule has 2 aromatic rings. The molecular formula is C15H17Cl2N3O. The quantitative estimate of drug-likeness (QED) is 0.877. The van der Waals surface area contributed by atoms with Crippen molar-refractivity contribution >= 4 is 29.0 Å². The smallest absolute Gasteiger partial charge is 0.130 e. The largest absolute Gasteiger partial charge is 0.387 e. The van der Waals surface area contributed by atoms with Gasteiger partial charge in [-0.1, -0.05) is 30.1 Å². The summed E-state index contributed by atoms with van der Waals surface area (Å²) in [5, 5.41) is 14.3. The molecule has 0 fully saturated rings. The summed E-state index contributed by atoms with van der Waals surface area (Å²) in [5.74, 6) is 1.41. The van der Waals surface area contributed by atoms with Crippen LogP contribution in [-0.4, -0.2) is 21.6 Å². The molecule has 1 heterocycles. The van der Waals surface area contributed by atoms with Crippen LogP contribution in [0, 0.1) is 6.92 Å². The number of aryl methyl sites for hydroxylation is 2. The minimum atomic E-state index is -0.721. The van der Waals surface area contributed by atoms with Crippen molar-refractivity contribution in [1.82, 2.24) is 9.97 Å². The zero-order valence-corrected chi connectivity index (χ0v) is 13.4. The van der Waals surface area contributed by atoms with Crippen molar-refractivity contribution in [2.45, 2.75) is 26.4 Å². The molecule has 0 spiro atoms. The molecule has 2 N–H and O–H groups in total. The van der Waals surface area contributed by atoms with Gasteiger partial charge in [-0.2, -0.15) is 0 Å². The third-order valence-corrected chi connectivity index (χ3v) is 3.44. The Balaban J connectivity index is 2.06. The van der Waals surface area contributed by atoms with Crippen molar-refractivity contribution in [3.05, 3.63) is 51.4 Å². The Morgan fingerprint density at radius 3 is 2.43 bits per heavy atom. The van der Waals surface area contributed by atoms with Crippen molar-refractivity contribution in [2.75, 3.05) is 11.9 Å². The lowest BCUT2D eigenvalue weighted by molar-refractivity contribution is 0.191. The van der Waals surface area contributed by atoms with Gasteiger partial charge in [0.25, 0.3) is 0 Å². The standard InChI is InChI=1S/C15H17Cl2N3O/c1-3-13-7-15(20-9(2)19-13)18-8-14(21)10-4-11(16)6-12(17)5-10/h4-7,14,21H,3,8H2,1-2H3,(H,18,19,20). The fraction of sp³-hybridized carbons (Fsp3) is 0.333. The predicted octanol–water partition coefficient (Wildman–Crippen LogP) is 3.80. The minimum Gasteiger partial charge on any atom is -0.387 e. The highest BCUT2D eigenvalue weighted by Gasteiger charge is 2.10. The summed E-state index contributed by atoms with van der Waals surface area (Å²) < 4.78 is 0. The summed E-state index contributed by atoms with van der Waals surface area (Å²) in [6.07, 6.45) is 0.117. The number of anilines is 1. The number of hydrogen-bond donors (Lipinski definition) is 2. The zero-order valence-electron chi connectivity index (χ0n) is 11.9. The van der Waals surface area contributed by atoms with Gasteiger partial charge >= 0.3 is 0 Å². The maximum absolute atomic E-state index is 10.2. The molecule has 1 unspecified atom stereocenters. The van der Waals surface area contributed by atoms with Gasteiger partial charge in [-0.05, 0) is 37.1 Å². The van der Waals surface area contributed by atoms with Crippen LogP contribution in [0.25, 0.3) is 0 Å². The number of aromatic nitrogens is 2. The van der Waals surface area contributed by atoms with Crippen molar-refractivity contribution in [3.63, 3.8) is 0 Å². The average molecular weight is 326 g/mol. The van der Waals surface area contributed by atoms with Crippen LogP contribution in [0.4, 0.5) is 5.82 Å². The summed E-state index contributed by atoms with van der Waals surface area (Å²) in [6.45, 7) is 4.20. The molecular weight excluding hydrogens is 309 g/mol. The summed E-state index contributed by atoms with van der Waals surface area (Å²) in [6, 6.07) is 6.91. The van der Waals surface area contributed by atoms with Crippen LogP contribution in [-0.2, 0) is 6.42 Å². The lowest BCUT2D eigenvalue weighted by Crippen LogP contribution is -2.14. The van der Waals surface area contributed by atoms with E-state index in [0.717, 1.165) is 12.1 Å². The number of rotatable bonds is 5. The van der Waals surface area contributed by atoms with Crippen LogP contribution in [0.15, 0.2) is 24.3 Å². The highest BCUT2D eigenvalue weighted by molar-refractivity contribution is 6.34. The van der Waals surface area contributed by atoms with E-state index in [1.165, 1.54) is 0 Å². The zero-order chi connectivity index (χ0) is 15.4. The Kier molecular flexibility index (Phi) is 5.39. The van der Waals surface area contributed by atoms with Gasteiger partial charge in [-0.15, -0.1) is 0 Å². The molecule has 0 saturated carbocycles. The van der Waals surface area contributed by atoms with Gasteiger partial charge in [-0.3, -0.25) is 0 Å². The minimum absolute atomic E-state index is 0.316. The molecule has 4 nitrogen and oxygen atoms in total. The molecule has 0 aliphatic heterocycles. The molecule has 0 aliphatic carbocycles. The fourth-order valence-electron chi connectivity index (χ4n) is 1.99. The first-order valence-corrected chi connectivity index (χ1v) is 7.46. The van der Waals surface area contributed by atoms with Crippen molar-refractivity contribution in [1.29, 1.82) is 0 Å². The van der Waals surface area contributed by atoms with E-state index in [4.69, 9.17) is 23.2 Å². The van der Waals surface area contributed by atoms with E-state index >= 15 is 0 Å². The third kappa shape index (κ3) is 4.56. The molecule has 0 aliphatic rings. The Bertz CT molecular complexity index is 614. The van der Waals surface area contributed by atoms with Gasteiger partial charge < -0.3 is 10.4 Å². The number of nitrogens with one attached hydrogen (secondary N) is 1. The molecule has 0 amide bonds. The highest BCUT2D eigenvalue weighted by atomic mass is 35.5. The number of halogens is 2. The molecule has 0 bridgehead atoms. The van der Waals surface area contributed by atoms with Crippen molar-refractivity contribution < 1.29 is 5.11 Å². The van der Waals surface area contributed by atoms with E-state index in [9.17, 15) is 5.11 Å². The van der Waals surface area contributed by atoms with Gasteiger partial charge in [0.1, 0.15) is 11.6 Å². The molecule has 21 heavy (non-hydrogen) atoms. The highest BCUT2D eigenvalue weighted by Crippen LogP contribution is 2.23. The first-order chi connectivity index (χ1) is 9.97. The maximum atomic E-state index is 10.2. The Hall–Kier alpha value is -1.36. The first kappa shape index (κ1) is 16.0. The number of benzene rings is 1. The van der Waals surface area contributed by atoms with Gasteiger partial charge in [0.15, 0.2) is 0 Å². The number of nitrogens with zero attached hydrogens (tertiary/aromatic N) is 2. The Morgan fingerprint density at radius 2 is 1.81 bits per heavy atom. The predicted molar refractivity (Wildman–Crippen MR) is 86.1 cm³/mol. The average Bonchev–Trinajstić information content (AvgIpc) is 2.43. The Labute approximate surface area is 134 Å².